The number of carbonyl (C=O) groups excluding carboxylic acids is 2. The number of hydrogen-bond donors (Lipinski definition) is 2. The Morgan fingerprint density at radius 1 is 0.500 bits per heavy atom. The van der Waals surface area contributed by atoms with E-state index in [4.69, 9.17) is 14.4 Å². The average molecular weight is 469 g/mol. The van der Waals surface area contributed by atoms with Gasteiger partial charge in [0, 0.05) is 26.8 Å². The summed E-state index contributed by atoms with van der Waals surface area (Å²) in [5, 5.41) is 0. The number of hydrogen-bond acceptors (Lipinski definition) is 3. The number of carbonyl (C=O) groups is 2. The molecule has 5 nitrogen and oxygen atoms in total. The van der Waals surface area contributed by atoms with Gasteiger partial charge in [0.2, 0.25) is 0 Å². The predicted octanol–water partition coefficient (Wildman–Crippen LogP) is 5.95. The van der Waals surface area contributed by atoms with Gasteiger partial charge in [0.25, 0.3) is 0 Å². The summed E-state index contributed by atoms with van der Waals surface area (Å²) in [6.45, 7) is 0. The molecule has 0 unspecified atom stereocenters. The van der Waals surface area contributed by atoms with Crippen molar-refractivity contribution in [2.45, 2.75) is 0 Å². The third-order valence-electron chi connectivity index (χ3n) is 4.89. The Morgan fingerprint density at radius 3 is 1.06 bits per heavy atom. The smallest absolute Gasteiger partial charge is 0.289 e. The highest BCUT2D eigenvalue weighted by Crippen LogP contribution is 2.15. The monoisotopic (exact) mass is 469 g/mol. The molecule has 0 aliphatic heterocycles. The largest absolute Gasteiger partial charge is 0.692 e. The van der Waals surface area contributed by atoms with Crippen molar-refractivity contribution >= 4 is 32.0 Å². The second-order valence-corrected chi connectivity index (χ2v) is 7.73. The molecule has 0 fully saturated rings. The van der Waals surface area contributed by atoms with Crippen molar-refractivity contribution in [3.63, 3.8) is 0 Å². The molecule has 0 radical (unpaired) electrons. The molecule has 0 aliphatic rings. The molecular formula is C28H22O5P+. The van der Waals surface area contributed by atoms with Gasteiger partial charge in [-0.25, -0.2) is 0 Å². The Kier molecular flexibility index (Phi) is 8.89. The van der Waals surface area contributed by atoms with Gasteiger partial charge < -0.3 is 0 Å². The molecule has 0 spiro atoms. The molecule has 0 saturated heterocycles. The molecule has 4 aromatic rings. The first-order valence-corrected chi connectivity index (χ1v) is 11.5. The maximum absolute atomic E-state index is 12.5. The molecule has 0 aromatic heterocycles. The molecule has 0 heterocycles. The summed E-state index contributed by atoms with van der Waals surface area (Å²) in [7, 11) is -2.87. The molecule has 34 heavy (non-hydrogen) atoms. The highest BCUT2D eigenvalue weighted by atomic mass is 31.1. The summed E-state index contributed by atoms with van der Waals surface area (Å²) in [5.41, 5.74) is 4.72. The minimum atomic E-state index is -2.87. The van der Waals surface area contributed by atoms with Crippen LogP contribution in [0.25, 0.3) is 12.2 Å². The van der Waals surface area contributed by atoms with Gasteiger partial charge in [-0.1, -0.05) is 121 Å². The van der Waals surface area contributed by atoms with Crippen molar-refractivity contribution in [2.24, 2.45) is 0 Å². The van der Waals surface area contributed by atoms with Crippen LogP contribution in [0, 0.1) is 0 Å². The van der Waals surface area contributed by atoms with Gasteiger partial charge in [-0.15, -0.1) is 9.79 Å². The molecule has 4 aromatic carbocycles. The fourth-order valence-electron chi connectivity index (χ4n) is 3.20. The molecule has 4 rings (SSSR count). The lowest BCUT2D eigenvalue weighted by molar-refractivity contribution is 0.103. The van der Waals surface area contributed by atoms with E-state index in [9.17, 15) is 9.59 Å². The molecule has 6 heteroatoms. The molecule has 2 N–H and O–H groups in total. The van der Waals surface area contributed by atoms with Crippen molar-refractivity contribution in [2.75, 3.05) is 0 Å². The lowest BCUT2D eigenvalue weighted by Crippen LogP contribution is -2.00. The van der Waals surface area contributed by atoms with Crippen LogP contribution < -0.4 is 0 Å². The van der Waals surface area contributed by atoms with Crippen LogP contribution in [0.5, 0.6) is 0 Å². The first kappa shape index (κ1) is 24.6. The summed E-state index contributed by atoms with van der Waals surface area (Å²) in [5.74, 6) is 0.0367. The van der Waals surface area contributed by atoms with E-state index in [0.29, 0.717) is 22.3 Å². The maximum atomic E-state index is 12.5. The van der Waals surface area contributed by atoms with Crippen molar-refractivity contribution in [3.8, 4) is 0 Å². The number of rotatable bonds is 6. The fraction of sp³-hybridized carbons (Fsp3) is 0. The van der Waals surface area contributed by atoms with Crippen LogP contribution in [0.3, 0.4) is 0 Å². The quantitative estimate of drug-likeness (QED) is 0.207. The van der Waals surface area contributed by atoms with E-state index in [1.165, 1.54) is 0 Å². The van der Waals surface area contributed by atoms with Crippen LogP contribution >= 0.6 is 8.25 Å². The topological polar surface area (TPSA) is 91.7 Å². The molecule has 168 valence electrons. The van der Waals surface area contributed by atoms with Gasteiger partial charge in [0.15, 0.2) is 11.6 Å². The molecule has 0 amide bonds. The van der Waals surface area contributed by atoms with E-state index >= 15 is 0 Å². The first-order chi connectivity index (χ1) is 16.4. The van der Waals surface area contributed by atoms with E-state index in [-0.39, 0.29) is 11.6 Å². The Balaban J connectivity index is 0.000000751. The van der Waals surface area contributed by atoms with Gasteiger partial charge in [-0.3, -0.25) is 9.59 Å². The Hall–Kier alpha value is -4.02. The lowest BCUT2D eigenvalue weighted by Gasteiger charge is -2.03. The third-order valence-corrected chi connectivity index (χ3v) is 4.89. The second kappa shape index (κ2) is 12.3. The Bertz CT molecular complexity index is 1180. The standard InChI is InChI=1S/C28H20O2.HO3P/c29-27(23-7-3-1-4-8-23)25-17-13-21(14-18-25)11-12-22-15-19-26(20-16-22)28(30)24-9-5-2-6-10-24;1-4(2)3/h1-20H;(H-,1,2,3)/p+1. The van der Waals surface area contributed by atoms with E-state index < -0.39 is 8.25 Å². The molecule has 0 bridgehead atoms. The SMILES string of the molecule is O=C(c1ccccc1)c1ccc(C=Cc2ccc(C(=O)c3ccccc3)cc2)cc1.O=[P+](O)O. The molecule has 0 saturated carbocycles. The zero-order valence-electron chi connectivity index (χ0n) is 18.1. The summed E-state index contributed by atoms with van der Waals surface area (Å²) in [6.07, 6.45) is 3.98. The van der Waals surface area contributed by atoms with E-state index in [2.05, 4.69) is 0 Å². The Morgan fingerprint density at radius 2 is 0.765 bits per heavy atom. The van der Waals surface area contributed by atoms with Gasteiger partial charge in [-0.2, -0.15) is 0 Å². The van der Waals surface area contributed by atoms with Gasteiger partial charge in [-0.05, 0) is 11.1 Å². The van der Waals surface area contributed by atoms with Gasteiger partial charge in [0.05, 0.1) is 0 Å². The zero-order chi connectivity index (χ0) is 24.3. The lowest BCUT2D eigenvalue weighted by atomic mass is 10.0. The van der Waals surface area contributed by atoms with E-state index in [1.54, 1.807) is 0 Å². The summed E-state index contributed by atoms with van der Waals surface area (Å²) < 4.78 is 8.70. The maximum Gasteiger partial charge on any atom is 0.692 e. The first-order valence-electron chi connectivity index (χ1n) is 10.4. The van der Waals surface area contributed by atoms with Crippen molar-refractivity contribution in [1.29, 1.82) is 0 Å². The number of ketones is 2. The normalized spacial score (nSPS) is 10.3. The van der Waals surface area contributed by atoms with Crippen LogP contribution in [0.1, 0.15) is 43.0 Å². The Labute approximate surface area is 198 Å². The highest BCUT2D eigenvalue weighted by molar-refractivity contribution is 7.30. The average Bonchev–Trinajstić information content (AvgIpc) is 2.88. The van der Waals surface area contributed by atoms with Crippen LogP contribution in [-0.2, 0) is 4.57 Å². The predicted molar refractivity (Wildman–Crippen MR) is 134 cm³/mol. The minimum absolute atomic E-state index is 0.0183. The zero-order valence-corrected chi connectivity index (χ0v) is 19.0. The summed E-state index contributed by atoms with van der Waals surface area (Å²) in [6, 6.07) is 33.6. The van der Waals surface area contributed by atoms with Gasteiger partial charge in [0.1, 0.15) is 0 Å². The van der Waals surface area contributed by atoms with Crippen molar-refractivity contribution < 1.29 is 23.9 Å². The second-order valence-electron chi connectivity index (χ2n) is 7.22. The molecular weight excluding hydrogens is 447 g/mol. The van der Waals surface area contributed by atoms with Crippen LogP contribution in [0.4, 0.5) is 0 Å². The van der Waals surface area contributed by atoms with Gasteiger partial charge >= 0.3 is 8.25 Å². The number of benzene rings is 4. The summed E-state index contributed by atoms with van der Waals surface area (Å²) in [4.78, 5) is 39.2. The third kappa shape index (κ3) is 7.26. The molecule has 0 aliphatic carbocycles. The molecule has 0 atom stereocenters. The summed E-state index contributed by atoms with van der Waals surface area (Å²) >= 11 is 0. The van der Waals surface area contributed by atoms with E-state index in [0.717, 1.165) is 11.1 Å². The highest BCUT2D eigenvalue weighted by Gasteiger charge is 2.08. The van der Waals surface area contributed by atoms with Crippen LogP contribution in [0.2, 0.25) is 0 Å². The van der Waals surface area contributed by atoms with Crippen LogP contribution in [-0.4, -0.2) is 21.4 Å². The van der Waals surface area contributed by atoms with Crippen LogP contribution in [0.15, 0.2) is 109 Å². The van der Waals surface area contributed by atoms with Crippen molar-refractivity contribution in [3.05, 3.63) is 143 Å². The van der Waals surface area contributed by atoms with E-state index in [1.807, 2.05) is 121 Å². The fourth-order valence-corrected chi connectivity index (χ4v) is 3.20. The van der Waals surface area contributed by atoms with Crippen molar-refractivity contribution in [1.82, 2.24) is 0 Å². The minimum Gasteiger partial charge on any atom is -0.289 e.